The number of rotatable bonds is 5. The van der Waals surface area contributed by atoms with Crippen molar-refractivity contribution in [2.75, 3.05) is 19.0 Å². The van der Waals surface area contributed by atoms with E-state index in [9.17, 15) is 9.18 Å². The molecule has 0 aliphatic heterocycles. The van der Waals surface area contributed by atoms with Crippen LogP contribution in [-0.2, 0) is 9.53 Å². The molecule has 0 unspecified atom stereocenters. The number of halogens is 1. The predicted molar refractivity (Wildman–Crippen MR) is 70.0 cm³/mol. The molecule has 0 aliphatic rings. The highest BCUT2D eigenvalue weighted by molar-refractivity contribution is 5.88. The summed E-state index contributed by atoms with van der Waals surface area (Å²) in [5.41, 5.74) is 2.04. The Morgan fingerprint density at radius 2 is 2.22 bits per heavy atom. The maximum atomic E-state index is 13.1. The molecule has 1 N–H and O–H groups in total. The molecule has 0 spiro atoms. The molecule has 98 valence electrons. The van der Waals surface area contributed by atoms with Crippen LogP contribution in [0.15, 0.2) is 29.8 Å². The zero-order chi connectivity index (χ0) is 13.5. The Balaban J connectivity index is 2.62. The smallest absolute Gasteiger partial charge is 0.333 e. The number of benzene rings is 1. The molecular formula is C14H18FNO2. The normalized spacial score (nSPS) is 11.2. The minimum absolute atomic E-state index is 0.222. The molecule has 0 bridgehead atoms. The predicted octanol–water partition coefficient (Wildman–Crippen LogP) is 3.06. The van der Waals surface area contributed by atoms with Gasteiger partial charge in [0.25, 0.3) is 0 Å². The minimum Gasteiger partial charge on any atom is -0.466 e. The number of carbonyl (C=O) groups excluding carboxylic acids is 1. The van der Waals surface area contributed by atoms with Crippen molar-refractivity contribution in [2.24, 2.45) is 0 Å². The molecule has 1 rings (SSSR count). The molecule has 18 heavy (non-hydrogen) atoms. The topological polar surface area (TPSA) is 38.3 Å². The summed E-state index contributed by atoms with van der Waals surface area (Å²) in [5.74, 6) is -0.533. The van der Waals surface area contributed by atoms with Gasteiger partial charge in [-0.15, -0.1) is 0 Å². The van der Waals surface area contributed by atoms with Crippen LogP contribution in [0.2, 0.25) is 0 Å². The highest BCUT2D eigenvalue weighted by Gasteiger charge is 2.05. The van der Waals surface area contributed by atoms with Crippen LogP contribution in [-0.4, -0.2) is 19.6 Å². The quantitative estimate of drug-likeness (QED) is 0.645. The lowest BCUT2D eigenvalue weighted by atomic mass is 10.2. The summed E-state index contributed by atoms with van der Waals surface area (Å²) in [6, 6.07) is 4.81. The standard InChI is InChI=1S/C14H18FNO2/c1-4-11(14(17)18-3)7-8-16-12-5-6-13(15)10(2)9-12/h5-7,9,16H,4,8H2,1-3H3/b11-7-. The molecule has 0 aromatic heterocycles. The van der Waals surface area contributed by atoms with Crippen LogP contribution >= 0.6 is 0 Å². The van der Waals surface area contributed by atoms with Crippen LogP contribution in [0.4, 0.5) is 10.1 Å². The third-order valence-electron chi connectivity index (χ3n) is 2.64. The summed E-state index contributed by atoms with van der Waals surface area (Å²) < 4.78 is 17.7. The lowest BCUT2D eigenvalue weighted by molar-refractivity contribution is -0.136. The van der Waals surface area contributed by atoms with Gasteiger partial charge in [0.15, 0.2) is 0 Å². The van der Waals surface area contributed by atoms with Gasteiger partial charge in [-0.1, -0.05) is 13.0 Å². The average molecular weight is 251 g/mol. The maximum absolute atomic E-state index is 13.1. The maximum Gasteiger partial charge on any atom is 0.333 e. The molecule has 0 saturated carbocycles. The van der Waals surface area contributed by atoms with E-state index in [1.807, 2.05) is 6.92 Å². The van der Waals surface area contributed by atoms with E-state index in [1.54, 1.807) is 25.1 Å². The third-order valence-corrected chi connectivity index (χ3v) is 2.64. The van der Waals surface area contributed by atoms with Crippen molar-refractivity contribution in [2.45, 2.75) is 20.3 Å². The monoisotopic (exact) mass is 251 g/mol. The van der Waals surface area contributed by atoms with Crippen LogP contribution in [0.5, 0.6) is 0 Å². The Hall–Kier alpha value is -1.84. The summed E-state index contributed by atoms with van der Waals surface area (Å²) in [7, 11) is 1.36. The molecule has 0 atom stereocenters. The summed E-state index contributed by atoms with van der Waals surface area (Å²) in [5, 5.41) is 3.11. The molecule has 1 aromatic carbocycles. The average Bonchev–Trinajstić information content (AvgIpc) is 2.38. The molecule has 3 nitrogen and oxygen atoms in total. The van der Waals surface area contributed by atoms with E-state index in [-0.39, 0.29) is 11.8 Å². The van der Waals surface area contributed by atoms with Crippen LogP contribution in [0.25, 0.3) is 0 Å². The number of aryl methyl sites for hydroxylation is 1. The molecule has 0 amide bonds. The second-order valence-electron chi connectivity index (χ2n) is 3.92. The molecule has 0 fully saturated rings. The van der Waals surface area contributed by atoms with Crippen LogP contribution in [0.3, 0.4) is 0 Å². The Labute approximate surface area is 107 Å². The molecule has 0 aliphatic carbocycles. The summed E-state index contributed by atoms with van der Waals surface area (Å²) in [4.78, 5) is 11.3. The summed E-state index contributed by atoms with van der Waals surface area (Å²) in [6.45, 7) is 4.11. The van der Waals surface area contributed by atoms with E-state index < -0.39 is 0 Å². The first-order valence-corrected chi connectivity index (χ1v) is 5.85. The van der Waals surface area contributed by atoms with Gasteiger partial charge < -0.3 is 10.1 Å². The molecule has 0 radical (unpaired) electrons. The number of esters is 1. The number of ether oxygens (including phenoxy) is 1. The van der Waals surface area contributed by atoms with Gasteiger partial charge in [-0.3, -0.25) is 0 Å². The van der Waals surface area contributed by atoms with Crippen molar-refractivity contribution in [1.29, 1.82) is 0 Å². The van der Waals surface area contributed by atoms with Gasteiger partial charge in [-0.25, -0.2) is 9.18 Å². The van der Waals surface area contributed by atoms with Crippen molar-refractivity contribution in [3.05, 3.63) is 41.2 Å². The lowest BCUT2D eigenvalue weighted by Crippen LogP contribution is -2.07. The number of anilines is 1. The van der Waals surface area contributed by atoms with E-state index >= 15 is 0 Å². The Kier molecular flexibility index (Phi) is 5.36. The van der Waals surface area contributed by atoms with Crippen molar-refractivity contribution in [3.63, 3.8) is 0 Å². The van der Waals surface area contributed by atoms with Gasteiger partial charge in [0, 0.05) is 17.8 Å². The van der Waals surface area contributed by atoms with Crippen molar-refractivity contribution in [1.82, 2.24) is 0 Å². The van der Waals surface area contributed by atoms with Crippen molar-refractivity contribution < 1.29 is 13.9 Å². The second-order valence-corrected chi connectivity index (χ2v) is 3.92. The van der Waals surface area contributed by atoms with Crippen LogP contribution in [0, 0.1) is 12.7 Å². The van der Waals surface area contributed by atoms with E-state index in [4.69, 9.17) is 0 Å². The lowest BCUT2D eigenvalue weighted by Gasteiger charge is -2.06. The summed E-state index contributed by atoms with van der Waals surface area (Å²) >= 11 is 0. The first kappa shape index (κ1) is 14.2. The molecule has 4 heteroatoms. The number of carbonyl (C=O) groups is 1. The number of hydrogen-bond acceptors (Lipinski definition) is 3. The van der Waals surface area contributed by atoms with Gasteiger partial charge in [-0.2, -0.15) is 0 Å². The van der Waals surface area contributed by atoms with Gasteiger partial charge in [0.2, 0.25) is 0 Å². The van der Waals surface area contributed by atoms with Gasteiger partial charge >= 0.3 is 5.97 Å². The highest BCUT2D eigenvalue weighted by atomic mass is 19.1. The Bertz CT molecular complexity index is 455. The number of hydrogen-bond donors (Lipinski definition) is 1. The number of nitrogens with one attached hydrogen (secondary N) is 1. The Morgan fingerprint density at radius 1 is 1.50 bits per heavy atom. The molecule has 1 aromatic rings. The minimum atomic E-state index is -0.311. The molecule has 0 heterocycles. The highest BCUT2D eigenvalue weighted by Crippen LogP contribution is 2.13. The first-order valence-electron chi connectivity index (χ1n) is 5.85. The molecule has 0 saturated heterocycles. The van der Waals surface area contributed by atoms with E-state index in [2.05, 4.69) is 10.1 Å². The van der Waals surface area contributed by atoms with Crippen molar-refractivity contribution >= 4 is 11.7 Å². The van der Waals surface area contributed by atoms with Gasteiger partial charge in [-0.05, 0) is 37.1 Å². The fourth-order valence-corrected chi connectivity index (χ4v) is 1.55. The van der Waals surface area contributed by atoms with Crippen LogP contribution < -0.4 is 5.32 Å². The largest absolute Gasteiger partial charge is 0.466 e. The third kappa shape index (κ3) is 3.87. The molecular weight excluding hydrogens is 233 g/mol. The fourth-order valence-electron chi connectivity index (χ4n) is 1.55. The fraction of sp³-hybridized carbons (Fsp3) is 0.357. The first-order chi connectivity index (χ1) is 8.58. The zero-order valence-corrected chi connectivity index (χ0v) is 10.9. The van der Waals surface area contributed by atoms with E-state index in [0.29, 0.717) is 24.1 Å². The van der Waals surface area contributed by atoms with Gasteiger partial charge in [0.1, 0.15) is 5.82 Å². The van der Waals surface area contributed by atoms with E-state index in [0.717, 1.165) is 5.69 Å². The second kappa shape index (κ2) is 6.79. The van der Waals surface area contributed by atoms with E-state index in [1.165, 1.54) is 13.2 Å². The number of methoxy groups -OCH3 is 1. The van der Waals surface area contributed by atoms with Gasteiger partial charge in [0.05, 0.1) is 7.11 Å². The summed E-state index contributed by atoms with van der Waals surface area (Å²) in [6.07, 6.45) is 2.40. The SMILES string of the molecule is CC/C(=C/CNc1ccc(F)c(C)c1)C(=O)OC. The van der Waals surface area contributed by atoms with Crippen LogP contribution in [0.1, 0.15) is 18.9 Å². The zero-order valence-electron chi connectivity index (χ0n) is 10.9. The van der Waals surface area contributed by atoms with Crippen molar-refractivity contribution in [3.8, 4) is 0 Å². The Morgan fingerprint density at radius 3 is 2.78 bits per heavy atom.